The number of nitrogens with zero attached hydrogens (tertiary/aromatic N) is 2. The highest BCUT2D eigenvalue weighted by atomic mass is 19.4. The second-order valence-electron chi connectivity index (χ2n) is 3.93. The molecule has 2 rings (SSSR count). The molecule has 0 radical (unpaired) electrons. The first-order valence-electron chi connectivity index (χ1n) is 5.39. The number of aryl methyl sites for hydroxylation is 1. The zero-order valence-electron chi connectivity index (χ0n) is 9.48. The maximum atomic E-state index is 12.2. The van der Waals surface area contributed by atoms with Crippen molar-refractivity contribution in [1.82, 2.24) is 9.55 Å². The minimum atomic E-state index is -4.16. The molecule has 96 valence electrons. The van der Waals surface area contributed by atoms with Gasteiger partial charge >= 0.3 is 6.18 Å². The van der Waals surface area contributed by atoms with Crippen LogP contribution in [0.5, 0.6) is 0 Å². The van der Waals surface area contributed by atoms with Crippen LogP contribution in [0.2, 0.25) is 0 Å². The summed E-state index contributed by atoms with van der Waals surface area (Å²) in [6, 6.07) is 6.86. The number of benzene rings is 1. The van der Waals surface area contributed by atoms with Crippen LogP contribution < -0.4 is 5.73 Å². The van der Waals surface area contributed by atoms with E-state index in [9.17, 15) is 13.2 Å². The molecule has 0 aliphatic heterocycles. The monoisotopic (exact) mass is 255 g/mol. The van der Waals surface area contributed by atoms with E-state index in [-0.39, 0.29) is 6.54 Å². The van der Waals surface area contributed by atoms with Gasteiger partial charge < -0.3 is 10.3 Å². The Hall–Kier alpha value is -1.98. The van der Waals surface area contributed by atoms with Crippen molar-refractivity contribution in [3.63, 3.8) is 0 Å². The van der Waals surface area contributed by atoms with Crippen molar-refractivity contribution in [2.75, 3.05) is 5.73 Å². The Kier molecular flexibility index (Phi) is 3.27. The summed E-state index contributed by atoms with van der Waals surface area (Å²) in [6.45, 7) is -0.136. The fourth-order valence-corrected chi connectivity index (χ4v) is 1.63. The summed E-state index contributed by atoms with van der Waals surface area (Å²) in [5.41, 5.74) is 6.91. The van der Waals surface area contributed by atoms with E-state index in [1.165, 1.54) is 17.0 Å². The third kappa shape index (κ3) is 3.03. The molecule has 0 aliphatic carbocycles. The molecule has 1 aromatic heterocycles. The van der Waals surface area contributed by atoms with Crippen LogP contribution in [-0.2, 0) is 6.54 Å². The Labute approximate surface area is 102 Å². The van der Waals surface area contributed by atoms with Crippen molar-refractivity contribution in [2.45, 2.75) is 19.1 Å². The summed E-state index contributed by atoms with van der Waals surface area (Å²) in [5, 5.41) is 0. The molecule has 0 saturated carbocycles. The first-order valence-corrected chi connectivity index (χ1v) is 5.39. The van der Waals surface area contributed by atoms with Gasteiger partial charge in [-0.15, -0.1) is 0 Å². The minimum Gasteiger partial charge on any atom is -0.399 e. The topological polar surface area (TPSA) is 43.8 Å². The highest BCUT2D eigenvalue weighted by Crippen LogP contribution is 2.23. The zero-order valence-corrected chi connectivity index (χ0v) is 9.48. The largest absolute Gasteiger partial charge is 0.399 e. The van der Waals surface area contributed by atoms with Crippen LogP contribution in [0.25, 0.3) is 11.4 Å². The van der Waals surface area contributed by atoms with Crippen LogP contribution in [-0.4, -0.2) is 15.7 Å². The first-order chi connectivity index (χ1) is 8.46. The number of nitrogens with two attached hydrogens (primary N) is 1. The first kappa shape index (κ1) is 12.5. The maximum Gasteiger partial charge on any atom is 0.390 e. The summed E-state index contributed by atoms with van der Waals surface area (Å²) in [6.07, 6.45) is -2.01. The molecule has 1 aromatic carbocycles. The average Bonchev–Trinajstić information content (AvgIpc) is 2.75. The van der Waals surface area contributed by atoms with E-state index in [4.69, 9.17) is 5.73 Å². The van der Waals surface area contributed by atoms with Gasteiger partial charge in [0.25, 0.3) is 0 Å². The number of hydrogen-bond acceptors (Lipinski definition) is 2. The van der Waals surface area contributed by atoms with Crippen LogP contribution in [0.15, 0.2) is 36.7 Å². The Morgan fingerprint density at radius 1 is 1.17 bits per heavy atom. The number of rotatable bonds is 3. The van der Waals surface area contributed by atoms with E-state index in [2.05, 4.69) is 4.98 Å². The minimum absolute atomic E-state index is 0.136. The fraction of sp³-hybridized carbons (Fsp3) is 0.250. The van der Waals surface area contributed by atoms with Gasteiger partial charge in [0.2, 0.25) is 0 Å². The van der Waals surface area contributed by atoms with Crippen molar-refractivity contribution >= 4 is 5.69 Å². The van der Waals surface area contributed by atoms with Crippen molar-refractivity contribution in [3.8, 4) is 11.4 Å². The molecule has 0 amide bonds. The molecular formula is C12H12F3N3. The highest BCUT2D eigenvalue weighted by Gasteiger charge is 2.27. The van der Waals surface area contributed by atoms with E-state index in [1.54, 1.807) is 24.3 Å². The van der Waals surface area contributed by atoms with Crippen LogP contribution in [0, 0.1) is 0 Å². The van der Waals surface area contributed by atoms with Crippen LogP contribution in [0.4, 0.5) is 18.9 Å². The lowest BCUT2D eigenvalue weighted by Crippen LogP contribution is -2.12. The number of anilines is 1. The van der Waals surface area contributed by atoms with Gasteiger partial charge in [0.15, 0.2) is 0 Å². The van der Waals surface area contributed by atoms with Gasteiger partial charge in [-0.3, -0.25) is 0 Å². The lowest BCUT2D eigenvalue weighted by Gasteiger charge is -2.10. The van der Waals surface area contributed by atoms with Crippen molar-refractivity contribution in [1.29, 1.82) is 0 Å². The molecule has 3 nitrogen and oxygen atoms in total. The fourth-order valence-electron chi connectivity index (χ4n) is 1.63. The number of hydrogen-bond donors (Lipinski definition) is 1. The molecule has 0 spiro atoms. The quantitative estimate of drug-likeness (QED) is 0.856. The van der Waals surface area contributed by atoms with Gasteiger partial charge in [0.05, 0.1) is 6.42 Å². The second kappa shape index (κ2) is 4.72. The van der Waals surface area contributed by atoms with E-state index in [0.29, 0.717) is 11.5 Å². The zero-order chi connectivity index (χ0) is 13.2. The Morgan fingerprint density at radius 2 is 1.83 bits per heavy atom. The van der Waals surface area contributed by atoms with Crippen LogP contribution >= 0.6 is 0 Å². The van der Waals surface area contributed by atoms with Gasteiger partial charge in [-0.05, 0) is 24.3 Å². The van der Waals surface area contributed by atoms with Crippen molar-refractivity contribution < 1.29 is 13.2 Å². The molecule has 1 heterocycles. The molecule has 2 aromatic rings. The van der Waals surface area contributed by atoms with E-state index < -0.39 is 12.6 Å². The van der Waals surface area contributed by atoms with Crippen LogP contribution in [0.3, 0.4) is 0 Å². The predicted octanol–water partition coefficient (Wildman–Crippen LogP) is 3.08. The normalized spacial score (nSPS) is 11.7. The lowest BCUT2D eigenvalue weighted by atomic mass is 10.2. The molecule has 6 heteroatoms. The van der Waals surface area contributed by atoms with Gasteiger partial charge in [0, 0.05) is 30.2 Å². The number of imidazole rings is 1. The molecule has 0 atom stereocenters. The molecule has 0 aliphatic rings. The molecule has 0 bridgehead atoms. The van der Waals surface area contributed by atoms with E-state index >= 15 is 0 Å². The Morgan fingerprint density at radius 3 is 2.44 bits per heavy atom. The van der Waals surface area contributed by atoms with Crippen LogP contribution in [0.1, 0.15) is 6.42 Å². The lowest BCUT2D eigenvalue weighted by molar-refractivity contribution is -0.136. The van der Waals surface area contributed by atoms with Gasteiger partial charge in [-0.2, -0.15) is 13.2 Å². The molecule has 0 unspecified atom stereocenters. The molecule has 18 heavy (non-hydrogen) atoms. The molecule has 2 N–H and O–H groups in total. The number of alkyl halides is 3. The summed E-state index contributed by atoms with van der Waals surface area (Å²) < 4.78 is 38.0. The second-order valence-corrected chi connectivity index (χ2v) is 3.93. The van der Waals surface area contributed by atoms with Crippen molar-refractivity contribution in [3.05, 3.63) is 36.7 Å². The average molecular weight is 255 g/mol. The predicted molar refractivity (Wildman–Crippen MR) is 62.7 cm³/mol. The third-order valence-corrected chi connectivity index (χ3v) is 2.52. The van der Waals surface area contributed by atoms with Gasteiger partial charge in [-0.1, -0.05) is 0 Å². The van der Waals surface area contributed by atoms with Gasteiger partial charge in [0.1, 0.15) is 5.82 Å². The summed E-state index contributed by atoms with van der Waals surface area (Å²) >= 11 is 0. The number of halogens is 3. The summed E-state index contributed by atoms with van der Waals surface area (Å²) in [7, 11) is 0. The summed E-state index contributed by atoms with van der Waals surface area (Å²) in [5.74, 6) is 0.513. The SMILES string of the molecule is Nc1ccc(-c2nccn2CCC(F)(F)F)cc1. The Bertz CT molecular complexity index is 514. The molecule has 0 saturated heterocycles. The molecule has 0 fully saturated rings. The third-order valence-electron chi connectivity index (χ3n) is 2.52. The summed E-state index contributed by atoms with van der Waals surface area (Å²) in [4.78, 5) is 4.07. The molecular weight excluding hydrogens is 243 g/mol. The van der Waals surface area contributed by atoms with E-state index in [1.807, 2.05) is 0 Å². The number of nitrogen functional groups attached to an aromatic ring is 1. The maximum absolute atomic E-state index is 12.2. The standard InChI is InChI=1S/C12H12F3N3/c13-12(14,15)5-7-18-8-6-17-11(18)9-1-3-10(16)4-2-9/h1-4,6,8H,5,7,16H2. The number of aromatic nitrogens is 2. The van der Waals surface area contributed by atoms with Crippen molar-refractivity contribution in [2.24, 2.45) is 0 Å². The van der Waals surface area contributed by atoms with Gasteiger partial charge in [-0.25, -0.2) is 4.98 Å². The smallest absolute Gasteiger partial charge is 0.390 e. The Balaban J connectivity index is 2.20. The van der Waals surface area contributed by atoms with E-state index in [0.717, 1.165) is 5.56 Å². The highest BCUT2D eigenvalue weighted by molar-refractivity contribution is 5.59.